The molecule has 0 saturated heterocycles. The van der Waals surface area contributed by atoms with E-state index in [4.69, 9.17) is 21.7 Å². The predicted octanol–water partition coefficient (Wildman–Crippen LogP) is 6.70. The first-order valence-electron chi connectivity index (χ1n) is 13.8. The Balaban J connectivity index is 1.62. The minimum absolute atomic E-state index is 0.00595. The van der Waals surface area contributed by atoms with E-state index in [1.165, 1.54) is 6.20 Å². The Kier molecular flexibility index (Phi) is 9.39. The number of carboxylic acid groups (broad SMARTS) is 1. The summed E-state index contributed by atoms with van der Waals surface area (Å²) < 4.78 is 0.954. The van der Waals surface area contributed by atoms with Crippen molar-refractivity contribution >= 4 is 57.6 Å². The van der Waals surface area contributed by atoms with E-state index in [-0.39, 0.29) is 47.4 Å². The monoisotopic (exact) mass is 677 g/mol. The molecule has 4 rings (SSSR count). The summed E-state index contributed by atoms with van der Waals surface area (Å²) >= 11 is 8.62. The van der Waals surface area contributed by atoms with E-state index < -0.39 is 5.97 Å². The number of hydrogen-bond donors (Lipinski definition) is 2. The number of rotatable bonds is 7. The van der Waals surface area contributed by atoms with E-state index in [0.29, 0.717) is 28.6 Å². The molecule has 1 aromatic carbocycles. The molecule has 40 heavy (non-hydrogen) atoms. The molecule has 1 fully saturated rings. The SMILES string of the molecule is CC(c1ccc(C(=O)NCCC(=O)O)cn1)C1CC2(CCC(C(C)(C)C)CC2)N=C(c2cc(Cl)cc(I)c2)C1=O. The highest BCUT2D eigenvalue weighted by molar-refractivity contribution is 14.1. The van der Waals surface area contributed by atoms with E-state index in [0.717, 1.165) is 40.5 Å². The normalized spacial score (nSPS) is 23.9. The Morgan fingerprint density at radius 2 is 1.90 bits per heavy atom. The van der Waals surface area contributed by atoms with E-state index in [1.54, 1.807) is 12.1 Å². The van der Waals surface area contributed by atoms with Crippen molar-refractivity contribution in [3.63, 3.8) is 0 Å². The third-order valence-corrected chi connectivity index (χ3v) is 9.38. The Morgan fingerprint density at radius 3 is 2.48 bits per heavy atom. The van der Waals surface area contributed by atoms with Gasteiger partial charge in [0.25, 0.3) is 5.91 Å². The smallest absolute Gasteiger partial charge is 0.305 e. The van der Waals surface area contributed by atoms with Crippen molar-refractivity contribution in [1.29, 1.82) is 0 Å². The maximum Gasteiger partial charge on any atom is 0.305 e. The summed E-state index contributed by atoms with van der Waals surface area (Å²) in [5, 5.41) is 12.0. The first-order chi connectivity index (χ1) is 18.8. The topological polar surface area (TPSA) is 109 Å². The molecule has 1 spiro atoms. The van der Waals surface area contributed by atoms with Crippen molar-refractivity contribution in [1.82, 2.24) is 10.3 Å². The number of nitrogens with one attached hydrogen (secondary N) is 1. The molecule has 2 aliphatic rings. The van der Waals surface area contributed by atoms with E-state index >= 15 is 0 Å². The first-order valence-corrected chi connectivity index (χ1v) is 15.3. The second kappa shape index (κ2) is 12.3. The summed E-state index contributed by atoms with van der Waals surface area (Å²) in [6.07, 6.45) is 6.05. The summed E-state index contributed by atoms with van der Waals surface area (Å²) in [6.45, 7) is 8.97. The summed E-state index contributed by atoms with van der Waals surface area (Å²) in [6, 6.07) is 9.15. The van der Waals surface area contributed by atoms with Crippen LogP contribution in [0.4, 0.5) is 0 Å². The maximum atomic E-state index is 14.0. The Labute approximate surface area is 254 Å². The van der Waals surface area contributed by atoms with Crippen LogP contribution in [0.2, 0.25) is 5.02 Å². The number of benzene rings is 1. The molecular weight excluding hydrogens is 641 g/mol. The number of nitrogens with zero attached hydrogens (tertiary/aromatic N) is 2. The van der Waals surface area contributed by atoms with Crippen LogP contribution in [0.15, 0.2) is 41.5 Å². The van der Waals surface area contributed by atoms with Gasteiger partial charge in [-0.25, -0.2) is 0 Å². The second-order valence-electron chi connectivity index (χ2n) is 12.3. The molecular formula is C31H37ClIN3O4. The molecule has 7 nitrogen and oxygen atoms in total. The number of amides is 1. The van der Waals surface area contributed by atoms with Crippen LogP contribution in [0.5, 0.6) is 0 Å². The number of halogens is 2. The highest BCUT2D eigenvalue weighted by Crippen LogP contribution is 2.49. The van der Waals surface area contributed by atoms with Crippen molar-refractivity contribution in [3.8, 4) is 0 Å². The number of ketones is 1. The van der Waals surface area contributed by atoms with E-state index in [1.807, 2.05) is 25.1 Å². The van der Waals surface area contributed by atoms with Gasteiger partial charge in [-0.1, -0.05) is 39.3 Å². The Bertz CT molecular complexity index is 1290. The second-order valence-corrected chi connectivity index (χ2v) is 14.0. The summed E-state index contributed by atoms with van der Waals surface area (Å²) in [7, 11) is 0. The van der Waals surface area contributed by atoms with Crippen molar-refractivity contribution in [2.24, 2.45) is 22.2 Å². The molecule has 1 aromatic heterocycles. The number of Topliss-reactive ketones (excluding diaryl/α,β-unsaturated/α-hetero) is 1. The number of aromatic nitrogens is 1. The molecule has 2 unspecified atom stereocenters. The minimum Gasteiger partial charge on any atom is -0.481 e. The summed E-state index contributed by atoms with van der Waals surface area (Å²) in [4.78, 5) is 46.9. The molecule has 2 heterocycles. The highest BCUT2D eigenvalue weighted by atomic mass is 127. The summed E-state index contributed by atoms with van der Waals surface area (Å²) in [5.41, 5.74) is 2.29. The number of pyridine rings is 1. The molecule has 1 aliphatic carbocycles. The van der Waals surface area contributed by atoms with Gasteiger partial charge in [-0.15, -0.1) is 0 Å². The largest absolute Gasteiger partial charge is 0.481 e. The molecule has 9 heteroatoms. The average molecular weight is 678 g/mol. The average Bonchev–Trinajstić information content (AvgIpc) is 2.88. The van der Waals surface area contributed by atoms with Gasteiger partial charge in [0.1, 0.15) is 5.71 Å². The third kappa shape index (κ3) is 7.11. The van der Waals surface area contributed by atoms with Crippen LogP contribution in [0.3, 0.4) is 0 Å². The zero-order valence-corrected chi connectivity index (χ0v) is 26.4. The Morgan fingerprint density at radius 1 is 1.20 bits per heavy atom. The van der Waals surface area contributed by atoms with Crippen LogP contribution >= 0.6 is 34.2 Å². The van der Waals surface area contributed by atoms with Crippen molar-refractivity contribution in [2.45, 2.75) is 77.7 Å². The number of carbonyl (C=O) groups excluding carboxylic acids is 2. The van der Waals surface area contributed by atoms with Gasteiger partial charge < -0.3 is 10.4 Å². The minimum atomic E-state index is -0.972. The van der Waals surface area contributed by atoms with Gasteiger partial charge in [-0.05, 0) is 96.4 Å². The van der Waals surface area contributed by atoms with Crippen LogP contribution in [-0.4, -0.2) is 45.5 Å². The molecule has 1 amide bonds. The predicted molar refractivity (Wildman–Crippen MR) is 165 cm³/mol. The van der Waals surface area contributed by atoms with Crippen molar-refractivity contribution in [2.75, 3.05) is 6.54 Å². The summed E-state index contributed by atoms with van der Waals surface area (Å²) in [5.74, 6) is -1.21. The molecule has 0 radical (unpaired) electrons. The van der Waals surface area contributed by atoms with Crippen LogP contribution in [-0.2, 0) is 9.59 Å². The number of aliphatic carboxylic acids is 1. The van der Waals surface area contributed by atoms with Gasteiger partial charge in [0.2, 0.25) is 0 Å². The third-order valence-electron chi connectivity index (χ3n) is 8.54. The van der Waals surface area contributed by atoms with Crippen LogP contribution in [0.1, 0.15) is 93.8 Å². The lowest BCUT2D eigenvalue weighted by atomic mass is 9.63. The molecule has 1 saturated carbocycles. The van der Waals surface area contributed by atoms with Gasteiger partial charge in [-0.2, -0.15) is 0 Å². The zero-order valence-electron chi connectivity index (χ0n) is 23.5. The lowest BCUT2D eigenvalue weighted by molar-refractivity contribution is -0.136. The van der Waals surface area contributed by atoms with Crippen molar-refractivity contribution in [3.05, 3.63) is 61.9 Å². The molecule has 2 N–H and O–H groups in total. The lowest BCUT2D eigenvalue weighted by Gasteiger charge is -2.46. The number of carboxylic acids is 1. The van der Waals surface area contributed by atoms with Crippen molar-refractivity contribution < 1.29 is 19.5 Å². The molecule has 0 bridgehead atoms. The fourth-order valence-electron chi connectivity index (χ4n) is 6.05. The van der Waals surface area contributed by atoms with Gasteiger partial charge in [0.15, 0.2) is 5.78 Å². The zero-order chi connectivity index (χ0) is 29.2. The number of carbonyl (C=O) groups is 3. The molecule has 2 aromatic rings. The van der Waals surface area contributed by atoms with Gasteiger partial charge in [-0.3, -0.25) is 24.4 Å². The van der Waals surface area contributed by atoms with Crippen LogP contribution < -0.4 is 5.32 Å². The molecule has 1 aliphatic heterocycles. The number of aliphatic imine (C=N–C) groups is 1. The van der Waals surface area contributed by atoms with Crippen LogP contribution in [0, 0.1) is 20.8 Å². The van der Waals surface area contributed by atoms with E-state index in [9.17, 15) is 14.4 Å². The highest BCUT2D eigenvalue weighted by Gasteiger charge is 2.47. The standard InChI is InChI=1S/C31H37ClIN3O4/c1-18(25-6-5-19(17-35-25)29(40)34-12-9-26(37)38)24-16-31(10-7-21(8-11-31)30(2,3)4)36-27(28(24)39)20-13-22(32)15-23(33)14-20/h5-6,13-15,17-18,21,24H,7-12,16H2,1-4H3,(H,34,40)(H,37,38). The van der Waals surface area contributed by atoms with Gasteiger partial charge in [0.05, 0.1) is 17.5 Å². The van der Waals surface area contributed by atoms with E-state index in [2.05, 4.69) is 53.7 Å². The molecule has 2 atom stereocenters. The van der Waals surface area contributed by atoms with Gasteiger partial charge >= 0.3 is 5.97 Å². The molecule has 214 valence electrons. The quantitative estimate of drug-likeness (QED) is 0.317. The number of hydrogen-bond acceptors (Lipinski definition) is 5. The lowest BCUT2D eigenvalue weighted by Crippen LogP contribution is -2.46. The first kappa shape index (κ1) is 30.6. The van der Waals surface area contributed by atoms with Gasteiger partial charge in [0, 0.05) is 44.4 Å². The fraction of sp³-hybridized carbons (Fsp3) is 0.516. The Hall–Kier alpha value is -2.33. The maximum absolute atomic E-state index is 14.0. The fourth-order valence-corrected chi connectivity index (χ4v) is 7.14. The van der Waals surface area contributed by atoms with Crippen LogP contribution in [0.25, 0.3) is 0 Å².